The second-order valence-corrected chi connectivity index (χ2v) is 13.8. The number of benzene rings is 5. The Morgan fingerprint density at radius 2 is 1.43 bits per heavy atom. The van der Waals surface area contributed by atoms with Crippen LogP contribution in [0.25, 0.3) is 49.9 Å². The molecular formula is C46H32BN3O3Pt. The second kappa shape index (κ2) is 13.2. The maximum absolute atomic E-state index is 6.82. The molecule has 54 heavy (non-hydrogen) atoms. The molecule has 0 atom stereocenters. The zero-order valence-corrected chi connectivity index (χ0v) is 32.3. The van der Waals surface area contributed by atoms with Crippen molar-refractivity contribution in [3.05, 3.63) is 156 Å². The minimum atomic E-state index is -0.177. The molecule has 5 aromatic carbocycles. The average molecular weight is 881 g/mol. The van der Waals surface area contributed by atoms with Crippen LogP contribution in [0.2, 0.25) is 0 Å². The van der Waals surface area contributed by atoms with Crippen molar-refractivity contribution in [3.8, 4) is 40.1 Å². The number of pyridine rings is 2. The van der Waals surface area contributed by atoms with Crippen molar-refractivity contribution in [1.82, 2.24) is 14.5 Å². The van der Waals surface area contributed by atoms with Crippen LogP contribution in [-0.4, -0.2) is 21.2 Å². The predicted octanol–water partition coefficient (Wildman–Crippen LogP) is 9.23. The molecule has 0 bridgehead atoms. The summed E-state index contributed by atoms with van der Waals surface area (Å²) in [7, 11) is 0. The van der Waals surface area contributed by atoms with E-state index in [1.165, 1.54) is 22.2 Å². The van der Waals surface area contributed by atoms with Crippen molar-refractivity contribution in [1.29, 1.82) is 0 Å². The summed E-state index contributed by atoms with van der Waals surface area (Å²) < 4.78 is 22.1. The Bertz CT molecular complexity index is 2910. The van der Waals surface area contributed by atoms with Crippen molar-refractivity contribution in [2.75, 3.05) is 0 Å². The van der Waals surface area contributed by atoms with Gasteiger partial charge in [-0.15, -0.1) is 41.3 Å². The molecule has 0 radical (unpaired) electrons. The molecule has 0 amide bonds. The van der Waals surface area contributed by atoms with Crippen LogP contribution in [0, 0.1) is 39.8 Å². The van der Waals surface area contributed by atoms with Crippen LogP contribution >= 0.6 is 0 Å². The Kier molecular flexibility index (Phi) is 8.28. The second-order valence-electron chi connectivity index (χ2n) is 13.8. The molecule has 0 saturated heterocycles. The molecule has 8 heteroatoms. The zero-order valence-electron chi connectivity index (χ0n) is 30.0. The van der Waals surface area contributed by atoms with Gasteiger partial charge in [0.1, 0.15) is 22.8 Å². The number of aromatic nitrogens is 3. The summed E-state index contributed by atoms with van der Waals surface area (Å²) >= 11 is 0. The summed E-state index contributed by atoms with van der Waals surface area (Å²) in [5.74, 6) is 3.36. The van der Waals surface area contributed by atoms with Gasteiger partial charge in [-0.2, -0.15) is 6.07 Å². The van der Waals surface area contributed by atoms with Crippen LogP contribution < -0.4 is 26.1 Å². The van der Waals surface area contributed by atoms with E-state index in [1.807, 2.05) is 67.0 Å². The smallest absolute Gasteiger partial charge is 0.503 e. The first kappa shape index (κ1) is 33.9. The van der Waals surface area contributed by atoms with Crippen molar-refractivity contribution in [2.24, 2.45) is 0 Å². The summed E-state index contributed by atoms with van der Waals surface area (Å²) in [5, 5.41) is 3.14. The van der Waals surface area contributed by atoms with Crippen molar-refractivity contribution >= 4 is 56.1 Å². The molecule has 9 aromatic rings. The van der Waals surface area contributed by atoms with Crippen molar-refractivity contribution < 1.29 is 35.0 Å². The summed E-state index contributed by atoms with van der Waals surface area (Å²) in [6, 6.07) is 43.9. The molecule has 4 aromatic heterocycles. The fourth-order valence-electron chi connectivity index (χ4n) is 7.81. The van der Waals surface area contributed by atoms with Gasteiger partial charge in [0.25, 0.3) is 6.71 Å². The van der Waals surface area contributed by atoms with Crippen LogP contribution in [0.5, 0.6) is 23.0 Å². The van der Waals surface area contributed by atoms with Gasteiger partial charge in [0, 0.05) is 35.1 Å². The molecule has 5 heterocycles. The van der Waals surface area contributed by atoms with Crippen LogP contribution in [0.15, 0.2) is 126 Å². The molecule has 0 spiro atoms. The number of ether oxygens (including phenoxy) is 2. The Balaban J connectivity index is 0.00000384. The van der Waals surface area contributed by atoms with E-state index in [1.54, 1.807) is 0 Å². The normalized spacial score (nSPS) is 12.0. The third-order valence-electron chi connectivity index (χ3n) is 10.5. The quantitative estimate of drug-likeness (QED) is 0.128. The first-order valence-corrected chi connectivity index (χ1v) is 17.8. The molecule has 0 fully saturated rings. The van der Waals surface area contributed by atoms with Gasteiger partial charge >= 0.3 is 21.1 Å². The van der Waals surface area contributed by atoms with Gasteiger partial charge in [0.2, 0.25) is 0 Å². The van der Waals surface area contributed by atoms with Crippen LogP contribution in [0.3, 0.4) is 0 Å². The van der Waals surface area contributed by atoms with E-state index in [0.717, 1.165) is 66.6 Å². The molecule has 10 rings (SSSR count). The Morgan fingerprint density at radius 1 is 0.667 bits per heavy atom. The average Bonchev–Trinajstić information content (AvgIpc) is 3.71. The standard InChI is InChI=1S/C46H32BN3O3.Pt/c1-27-11-9-12-28(2)42(27)47-37-21-22-48-43(45(37)53-44-36-16-6-8-18-40(36)52-46(44)47)31-13-10-14-32(24-31)51-33-19-20-35-34-15-5-7-17-38(34)50(39(35)25-33)41-23-29(3)30(4)26-49-41;/h5-23,26H,1-4H3;/q-2;+2. The largest absolute Gasteiger partial charge is 2.00 e. The van der Waals surface area contributed by atoms with E-state index in [-0.39, 0.29) is 27.8 Å². The number of hydrogen-bond donors (Lipinski definition) is 0. The van der Waals surface area contributed by atoms with Crippen LogP contribution in [0.1, 0.15) is 22.3 Å². The number of aryl methyl sites for hydroxylation is 4. The zero-order chi connectivity index (χ0) is 35.8. The molecule has 0 N–H and O–H groups in total. The van der Waals surface area contributed by atoms with E-state index >= 15 is 0 Å². The predicted molar refractivity (Wildman–Crippen MR) is 212 cm³/mol. The topological polar surface area (TPSA) is 62.3 Å². The van der Waals surface area contributed by atoms with Gasteiger partial charge < -0.3 is 23.4 Å². The Morgan fingerprint density at radius 3 is 2.26 bits per heavy atom. The first-order chi connectivity index (χ1) is 25.9. The maximum Gasteiger partial charge on any atom is 2.00 e. The van der Waals surface area contributed by atoms with Crippen molar-refractivity contribution in [2.45, 2.75) is 27.7 Å². The summed E-state index contributed by atoms with van der Waals surface area (Å²) in [5.41, 5.74) is 11.9. The summed E-state index contributed by atoms with van der Waals surface area (Å²) in [6.07, 6.45) is 3.76. The molecule has 0 aliphatic carbocycles. The molecule has 0 saturated carbocycles. The molecule has 6 nitrogen and oxygen atoms in total. The molecular weight excluding hydrogens is 848 g/mol. The maximum atomic E-state index is 6.82. The number of fused-ring (bicyclic) bond motifs is 7. The minimum Gasteiger partial charge on any atom is -0.503 e. The van der Waals surface area contributed by atoms with Gasteiger partial charge in [-0.1, -0.05) is 76.7 Å². The number of para-hydroxylation sites is 2. The number of furan rings is 1. The van der Waals surface area contributed by atoms with E-state index < -0.39 is 0 Å². The van der Waals surface area contributed by atoms with Gasteiger partial charge in [-0.05, 0) is 80.0 Å². The minimum absolute atomic E-state index is 0. The van der Waals surface area contributed by atoms with Crippen LogP contribution in [-0.2, 0) is 21.1 Å². The van der Waals surface area contributed by atoms with Gasteiger partial charge in [-0.25, -0.2) is 4.98 Å². The van der Waals surface area contributed by atoms with Crippen LogP contribution in [0.4, 0.5) is 0 Å². The molecule has 1 aliphatic heterocycles. The van der Waals surface area contributed by atoms with Crippen molar-refractivity contribution in [3.63, 3.8) is 0 Å². The number of rotatable bonds is 5. The number of hydrogen-bond acceptors (Lipinski definition) is 5. The van der Waals surface area contributed by atoms with E-state index in [9.17, 15) is 0 Å². The fraction of sp³-hybridized carbons (Fsp3) is 0.0870. The third-order valence-corrected chi connectivity index (χ3v) is 10.5. The summed E-state index contributed by atoms with van der Waals surface area (Å²) in [4.78, 5) is 9.69. The van der Waals surface area contributed by atoms with E-state index in [0.29, 0.717) is 22.9 Å². The Hall–Kier alpha value is -5.91. The Labute approximate surface area is 327 Å². The molecule has 1 aliphatic rings. The third kappa shape index (κ3) is 5.37. The van der Waals surface area contributed by atoms with E-state index in [4.69, 9.17) is 23.9 Å². The number of nitrogens with zero attached hydrogens (tertiary/aromatic N) is 3. The monoisotopic (exact) mass is 880 g/mol. The van der Waals surface area contributed by atoms with Gasteiger partial charge in [-0.3, -0.25) is 0 Å². The van der Waals surface area contributed by atoms with E-state index in [2.05, 4.69) is 99.0 Å². The van der Waals surface area contributed by atoms with Gasteiger partial charge in [0.05, 0.1) is 5.39 Å². The molecule has 0 unspecified atom stereocenters. The summed E-state index contributed by atoms with van der Waals surface area (Å²) in [6.45, 7) is 8.32. The first-order valence-electron chi connectivity index (χ1n) is 17.8. The fourth-order valence-corrected chi connectivity index (χ4v) is 7.81. The van der Waals surface area contributed by atoms with Gasteiger partial charge in [0.15, 0.2) is 5.75 Å². The SMILES string of the molecule is Cc1cnc(-n2c3[c-]c(Oc4[c-]c(-c5nccc6c5Oc5c(oc7ccccc57)B6c5c(C)cccc5C)ccc4)ccc3c3ccccc32)cc1C.[Pt+2]. The molecule has 262 valence electrons.